The van der Waals surface area contributed by atoms with Gasteiger partial charge in [0.15, 0.2) is 10.6 Å². The molecular weight excluding hydrogens is 315 g/mol. The summed E-state index contributed by atoms with van der Waals surface area (Å²) >= 11 is 5.32. The SMILES string of the molecule is O=C(NCc1n[nH]c(=S)n1C1CCCCC1)c1ccccc1F. The molecule has 2 N–H and O–H groups in total. The molecule has 1 fully saturated rings. The molecule has 0 unspecified atom stereocenters. The van der Waals surface area contributed by atoms with Crippen molar-refractivity contribution in [2.75, 3.05) is 0 Å². The molecule has 1 aromatic carbocycles. The van der Waals surface area contributed by atoms with Crippen LogP contribution >= 0.6 is 12.2 Å². The van der Waals surface area contributed by atoms with Gasteiger partial charge in [0.2, 0.25) is 0 Å². The first-order valence-electron chi connectivity index (χ1n) is 7.85. The van der Waals surface area contributed by atoms with Gasteiger partial charge in [-0.15, -0.1) is 0 Å². The van der Waals surface area contributed by atoms with Crippen LogP contribution in [0.1, 0.15) is 54.3 Å². The molecule has 0 radical (unpaired) electrons. The Morgan fingerprint density at radius 1 is 1.35 bits per heavy atom. The second-order valence-corrected chi connectivity index (χ2v) is 6.16. The summed E-state index contributed by atoms with van der Waals surface area (Å²) in [5.74, 6) is -0.296. The van der Waals surface area contributed by atoms with Crippen molar-refractivity contribution < 1.29 is 9.18 Å². The lowest BCUT2D eigenvalue weighted by molar-refractivity contribution is 0.0945. The van der Waals surface area contributed by atoms with Gasteiger partial charge in [0.05, 0.1) is 12.1 Å². The maximum atomic E-state index is 13.6. The Hall–Kier alpha value is -2.02. The number of amides is 1. The first-order valence-corrected chi connectivity index (χ1v) is 8.26. The van der Waals surface area contributed by atoms with Gasteiger partial charge in [-0.3, -0.25) is 14.5 Å². The maximum Gasteiger partial charge on any atom is 0.254 e. The number of hydrogen-bond donors (Lipinski definition) is 2. The lowest BCUT2D eigenvalue weighted by Crippen LogP contribution is -2.26. The maximum absolute atomic E-state index is 13.6. The second kappa shape index (κ2) is 7.04. The Bertz CT molecular complexity index is 749. The zero-order chi connectivity index (χ0) is 16.2. The Morgan fingerprint density at radius 3 is 2.83 bits per heavy atom. The van der Waals surface area contributed by atoms with Gasteiger partial charge in [-0.1, -0.05) is 31.4 Å². The number of rotatable bonds is 4. The summed E-state index contributed by atoms with van der Waals surface area (Å²) in [5, 5.41) is 9.74. The highest BCUT2D eigenvalue weighted by Gasteiger charge is 2.20. The normalized spacial score (nSPS) is 15.5. The van der Waals surface area contributed by atoms with Crippen molar-refractivity contribution in [2.45, 2.75) is 44.7 Å². The molecule has 2 aromatic rings. The lowest BCUT2D eigenvalue weighted by atomic mass is 9.95. The van der Waals surface area contributed by atoms with Gasteiger partial charge in [-0.2, -0.15) is 5.10 Å². The van der Waals surface area contributed by atoms with Crippen molar-refractivity contribution in [2.24, 2.45) is 0 Å². The summed E-state index contributed by atoms with van der Waals surface area (Å²) in [6, 6.07) is 6.25. The lowest BCUT2D eigenvalue weighted by Gasteiger charge is -2.24. The zero-order valence-corrected chi connectivity index (χ0v) is 13.5. The molecule has 122 valence electrons. The highest BCUT2D eigenvalue weighted by molar-refractivity contribution is 7.71. The highest BCUT2D eigenvalue weighted by atomic mass is 32.1. The fourth-order valence-corrected chi connectivity index (χ4v) is 3.38. The average Bonchev–Trinajstić information content (AvgIpc) is 2.94. The molecule has 1 saturated carbocycles. The molecule has 1 heterocycles. The largest absolute Gasteiger partial charge is 0.345 e. The summed E-state index contributed by atoms with van der Waals surface area (Å²) in [6.07, 6.45) is 5.75. The van der Waals surface area contributed by atoms with E-state index >= 15 is 0 Å². The van der Waals surface area contributed by atoms with Crippen LogP contribution in [0.4, 0.5) is 4.39 Å². The van der Waals surface area contributed by atoms with Gasteiger partial charge in [0.1, 0.15) is 5.82 Å². The standard InChI is InChI=1S/C16H19FN4OS/c17-13-9-5-4-8-12(13)15(22)18-10-14-19-20-16(23)21(14)11-6-2-1-3-7-11/h4-5,8-9,11H,1-3,6-7,10H2,(H,18,22)(H,20,23). The predicted octanol–water partition coefficient (Wildman–Crippen LogP) is 3.51. The van der Waals surface area contributed by atoms with Crippen molar-refractivity contribution in [3.63, 3.8) is 0 Å². The minimum atomic E-state index is -0.531. The molecule has 1 aliphatic carbocycles. The molecule has 23 heavy (non-hydrogen) atoms. The van der Waals surface area contributed by atoms with Crippen LogP contribution in [0.25, 0.3) is 0 Å². The van der Waals surface area contributed by atoms with Crippen LogP contribution in [-0.2, 0) is 6.54 Å². The number of aromatic amines is 1. The molecule has 3 rings (SSSR count). The molecule has 1 aromatic heterocycles. The van der Waals surface area contributed by atoms with Crippen LogP contribution in [0.3, 0.4) is 0 Å². The van der Waals surface area contributed by atoms with Crippen LogP contribution in [0.15, 0.2) is 24.3 Å². The number of nitrogens with zero attached hydrogens (tertiary/aromatic N) is 2. The number of hydrogen-bond acceptors (Lipinski definition) is 3. The Balaban J connectivity index is 1.73. The van der Waals surface area contributed by atoms with Crippen LogP contribution in [0.5, 0.6) is 0 Å². The van der Waals surface area contributed by atoms with E-state index in [1.807, 2.05) is 4.57 Å². The zero-order valence-electron chi connectivity index (χ0n) is 12.7. The Labute approximate surface area is 138 Å². The first-order chi connectivity index (χ1) is 11.2. The van der Waals surface area contributed by atoms with E-state index in [2.05, 4.69) is 15.5 Å². The van der Waals surface area contributed by atoms with E-state index in [4.69, 9.17) is 12.2 Å². The summed E-state index contributed by atoms with van der Waals surface area (Å²) in [5.41, 5.74) is 0.0332. The summed E-state index contributed by atoms with van der Waals surface area (Å²) in [6.45, 7) is 0.219. The number of aromatic nitrogens is 3. The molecule has 5 nitrogen and oxygen atoms in total. The van der Waals surface area contributed by atoms with Crippen LogP contribution in [-0.4, -0.2) is 20.7 Å². The fraction of sp³-hybridized carbons (Fsp3) is 0.438. The van der Waals surface area contributed by atoms with E-state index in [1.54, 1.807) is 12.1 Å². The van der Waals surface area contributed by atoms with E-state index in [0.29, 0.717) is 16.6 Å². The number of benzene rings is 1. The van der Waals surface area contributed by atoms with Crippen molar-refractivity contribution >= 4 is 18.1 Å². The summed E-state index contributed by atoms with van der Waals surface area (Å²) in [4.78, 5) is 12.1. The van der Waals surface area contributed by atoms with Gasteiger partial charge < -0.3 is 5.32 Å². The molecule has 0 spiro atoms. The first kappa shape index (κ1) is 15.9. The van der Waals surface area contributed by atoms with Gasteiger partial charge in [0, 0.05) is 6.04 Å². The van der Waals surface area contributed by atoms with E-state index in [-0.39, 0.29) is 12.1 Å². The molecular formula is C16H19FN4OS. The van der Waals surface area contributed by atoms with Crippen LogP contribution < -0.4 is 5.32 Å². The number of H-pyrrole nitrogens is 1. The quantitative estimate of drug-likeness (QED) is 0.841. The third kappa shape index (κ3) is 3.50. The second-order valence-electron chi connectivity index (χ2n) is 5.77. The third-order valence-corrected chi connectivity index (χ3v) is 4.53. The van der Waals surface area contributed by atoms with E-state index < -0.39 is 11.7 Å². The van der Waals surface area contributed by atoms with E-state index in [1.165, 1.54) is 31.4 Å². The number of carbonyl (C=O) groups excluding carboxylic acids is 1. The topological polar surface area (TPSA) is 62.7 Å². The van der Waals surface area contributed by atoms with Crippen LogP contribution in [0.2, 0.25) is 0 Å². The Kier molecular flexibility index (Phi) is 4.85. The minimum absolute atomic E-state index is 0.0332. The molecule has 1 aliphatic rings. The third-order valence-electron chi connectivity index (χ3n) is 4.24. The Morgan fingerprint density at radius 2 is 2.09 bits per heavy atom. The number of carbonyl (C=O) groups is 1. The smallest absolute Gasteiger partial charge is 0.254 e. The van der Waals surface area contributed by atoms with Gasteiger partial charge in [-0.05, 0) is 37.2 Å². The van der Waals surface area contributed by atoms with Crippen molar-refractivity contribution in [1.82, 2.24) is 20.1 Å². The van der Waals surface area contributed by atoms with Crippen molar-refractivity contribution in [3.05, 3.63) is 46.2 Å². The summed E-state index contributed by atoms with van der Waals surface area (Å²) < 4.78 is 16.2. The molecule has 0 aliphatic heterocycles. The van der Waals surface area contributed by atoms with E-state index in [0.717, 1.165) is 12.8 Å². The minimum Gasteiger partial charge on any atom is -0.345 e. The van der Waals surface area contributed by atoms with E-state index in [9.17, 15) is 9.18 Å². The predicted molar refractivity (Wildman–Crippen MR) is 87.1 cm³/mol. The average molecular weight is 334 g/mol. The molecule has 0 saturated heterocycles. The highest BCUT2D eigenvalue weighted by Crippen LogP contribution is 2.29. The molecule has 0 atom stereocenters. The van der Waals surface area contributed by atoms with Gasteiger partial charge in [-0.25, -0.2) is 4.39 Å². The number of halogens is 1. The molecule has 7 heteroatoms. The number of nitrogens with one attached hydrogen (secondary N) is 2. The molecule has 0 bridgehead atoms. The summed E-state index contributed by atoms with van der Waals surface area (Å²) in [7, 11) is 0. The fourth-order valence-electron chi connectivity index (χ4n) is 3.08. The van der Waals surface area contributed by atoms with Gasteiger partial charge >= 0.3 is 0 Å². The molecule has 1 amide bonds. The van der Waals surface area contributed by atoms with Crippen molar-refractivity contribution in [1.29, 1.82) is 0 Å². The van der Waals surface area contributed by atoms with Gasteiger partial charge in [0.25, 0.3) is 5.91 Å². The van der Waals surface area contributed by atoms with Crippen molar-refractivity contribution in [3.8, 4) is 0 Å². The monoisotopic (exact) mass is 334 g/mol. The van der Waals surface area contributed by atoms with Crippen LogP contribution in [0, 0.1) is 10.6 Å².